The van der Waals surface area contributed by atoms with Gasteiger partial charge < -0.3 is 87.9 Å². The number of carboxylic acids is 2. The van der Waals surface area contributed by atoms with E-state index < -0.39 is 84.7 Å². The first kappa shape index (κ1) is 103. The highest BCUT2D eigenvalue weighted by Gasteiger charge is 2.31. The molecule has 6 aromatic carbocycles. The van der Waals surface area contributed by atoms with Gasteiger partial charge in [-0.15, -0.1) is 12.4 Å². The number of nitrogens with zero attached hydrogens (tertiary/aromatic N) is 9. The molecule has 0 radical (unpaired) electrons. The number of aliphatic hydroxyl groups excluding tert-OH is 1. The van der Waals surface area contributed by atoms with Crippen molar-refractivity contribution in [3.63, 3.8) is 0 Å². The van der Waals surface area contributed by atoms with Gasteiger partial charge in [-0.2, -0.15) is 84.4 Å². The number of alkyl halides is 9. The van der Waals surface area contributed by atoms with Crippen molar-refractivity contribution in [2.75, 3.05) is 88.4 Å². The number of hydrogen-bond acceptors (Lipinski definition) is 32. The van der Waals surface area contributed by atoms with Gasteiger partial charge in [0, 0.05) is 49.8 Å². The number of anilines is 7. The van der Waals surface area contributed by atoms with E-state index in [-0.39, 0.29) is 88.2 Å². The monoisotopic (exact) mass is 1780 g/mol. The van der Waals surface area contributed by atoms with Crippen molar-refractivity contribution in [3.8, 4) is 12.0 Å². The second-order valence-corrected chi connectivity index (χ2v) is 22.7. The number of carbonyl (C=O) groups excluding carboxylic acids is 6. The lowest BCUT2D eigenvalue weighted by Crippen LogP contribution is -2.21. The SMILES string of the molecule is COC(=O)c1ccc(CN)cc1.COC(=O)c1ccc(CNc2nc(Nc3ccc(C(=O)OC)cc3)nc(OCC(F)(F)F)n2)cc1.COC(=O)c1ccc(N)cc1.Cl.Clc1nc(Cl)nc(Cl)n1.NCCN.O=C(Cl)C(=O)Cl.O=C(O)c1ccc(CNc2nc(Nc3ccc(C(=O)O)cc3)nc(OCC(F)(F)F)n2)cc1.OCC(F)(F)F. The molecular formula is C68H68Cl6F9N17O17. The maximum absolute atomic E-state index is 12.6. The van der Waals surface area contributed by atoms with Crippen LogP contribution in [-0.4, -0.2) is 186 Å². The van der Waals surface area contributed by atoms with E-state index in [1.54, 1.807) is 84.9 Å². The molecule has 49 heteroatoms. The van der Waals surface area contributed by atoms with Crippen LogP contribution in [0.4, 0.5) is 80.4 Å². The third-order valence-electron chi connectivity index (χ3n) is 12.4. The van der Waals surface area contributed by atoms with Gasteiger partial charge in [0.15, 0.2) is 13.2 Å². The Morgan fingerprint density at radius 3 is 0.897 bits per heavy atom. The van der Waals surface area contributed by atoms with Crippen molar-refractivity contribution in [3.05, 3.63) is 212 Å². The maximum atomic E-state index is 12.6. The summed E-state index contributed by atoms with van der Waals surface area (Å²) in [7, 11) is 5.23. The zero-order valence-electron chi connectivity index (χ0n) is 60.6. The summed E-state index contributed by atoms with van der Waals surface area (Å²) in [5, 5.41) is 34.2. The van der Waals surface area contributed by atoms with Gasteiger partial charge in [-0.3, -0.25) is 9.59 Å². The molecule has 0 saturated heterocycles. The topological polar surface area (TPSA) is 521 Å². The van der Waals surface area contributed by atoms with Gasteiger partial charge in [0.2, 0.25) is 39.6 Å². The molecule has 632 valence electrons. The van der Waals surface area contributed by atoms with Gasteiger partial charge in [0.25, 0.3) is 0 Å². The van der Waals surface area contributed by atoms with E-state index in [0.717, 1.165) is 11.1 Å². The minimum absolute atomic E-state index is 0. The van der Waals surface area contributed by atoms with Crippen LogP contribution in [0.2, 0.25) is 15.9 Å². The first-order valence-electron chi connectivity index (χ1n) is 31.5. The highest BCUT2D eigenvalue weighted by molar-refractivity contribution is 6.97. The fraction of sp³-hybridized carbons (Fsp3) is 0.221. The summed E-state index contributed by atoms with van der Waals surface area (Å²) < 4.78 is 135. The quantitative estimate of drug-likeness (QED) is 0.00707. The molecule has 9 rings (SSSR count). The van der Waals surface area contributed by atoms with E-state index in [2.05, 4.69) is 118 Å². The number of halogens is 15. The van der Waals surface area contributed by atoms with Crippen molar-refractivity contribution >= 4 is 158 Å². The Hall–Kier alpha value is -11.9. The number of benzene rings is 6. The Morgan fingerprint density at radius 1 is 0.393 bits per heavy atom. The second kappa shape index (κ2) is 53.3. The Labute approximate surface area is 687 Å². The molecule has 0 aliphatic carbocycles. The van der Waals surface area contributed by atoms with Crippen molar-refractivity contribution in [2.45, 2.75) is 38.2 Å². The molecule has 3 aromatic heterocycles. The number of carboxylic acid groups (broad SMARTS) is 2. The summed E-state index contributed by atoms with van der Waals surface area (Å²) in [4.78, 5) is 120. The molecule has 0 spiro atoms. The van der Waals surface area contributed by atoms with Crippen LogP contribution in [0.3, 0.4) is 0 Å². The second-order valence-electron chi connectivity index (χ2n) is 21.0. The third kappa shape index (κ3) is 44.5. The molecule has 34 nitrogen and oxygen atoms in total. The molecule has 0 unspecified atom stereocenters. The predicted molar refractivity (Wildman–Crippen MR) is 409 cm³/mol. The fourth-order valence-corrected chi connectivity index (χ4v) is 7.72. The van der Waals surface area contributed by atoms with E-state index in [1.807, 2.05) is 12.1 Å². The van der Waals surface area contributed by atoms with E-state index in [0.29, 0.717) is 64.5 Å². The summed E-state index contributed by atoms with van der Waals surface area (Å²) >= 11 is 24.9. The van der Waals surface area contributed by atoms with Crippen LogP contribution in [0.15, 0.2) is 146 Å². The number of rotatable bonds is 23. The number of esters is 4. The zero-order valence-corrected chi connectivity index (χ0v) is 65.2. The smallest absolute Gasteiger partial charge is 0.422 e. The van der Waals surface area contributed by atoms with Gasteiger partial charge in [-0.05, 0) is 184 Å². The third-order valence-corrected chi connectivity index (χ3v) is 13.3. The molecule has 117 heavy (non-hydrogen) atoms. The lowest BCUT2D eigenvalue weighted by atomic mass is 10.1. The van der Waals surface area contributed by atoms with Crippen LogP contribution >= 0.6 is 70.4 Å². The number of nitrogens with one attached hydrogen (secondary N) is 4. The summed E-state index contributed by atoms with van der Waals surface area (Å²) in [6.07, 6.45) is -13.6. The van der Waals surface area contributed by atoms with E-state index in [9.17, 15) is 77.9 Å². The summed E-state index contributed by atoms with van der Waals surface area (Å²) in [5.41, 5.74) is 26.4. The number of nitrogens with two attached hydrogens (primary N) is 4. The average molecular weight is 1780 g/mol. The number of nitrogen functional groups attached to an aromatic ring is 1. The van der Waals surface area contributed by atoms with Crippen LogP contribution in [0.25, 0.3) is 0 Å². The first-order valence-corrected chi connectivity index (χ1v) is 33.4. The van der Waals surface area contributed by atoms with Crippen LogP contribution in [-0.2, 0) is 48.2 Å². The highest BCUT2D eigenvalue weighted by Crippen LogP contribution is 2.24. The molecule has 15 N–H and O–H groups in total. The highest BCUT2D eigenvalue weighted by atomic mass is 35.5. The van der Waals surface area contributed by atoms with Gasteiger partial charge in [0.1, 0.15) is 6.61 Å². The van der Waals surface area contributed by atoms with Crippen LogP contribution in [0, 0.1) is 0 Å². The summed E-state index contributed by atoms with van der Waals surface area (Å²) in [6.45, 7) is -2.92. The average Bonchev–Trinajstić information content (AvgIpc) is 0.837. The Bertz CT molecular complexity index is 4550. The van der Waals surface area contributed by atoms with Gasteiger partial charge in [-0.1, -0.05) is 36.4 Å². The van der Waals surface area contributed by atoms with Crippen LogP contribution in [0.1, 0.15) is 78.8 Å². The fourth-order valence-electron chi connectivity index (χ4n) is 7.11. The number of aromatic nitrogens is 9. The number of aromatic carboxylic acids is 2. The number of carbonyl (C=O) groups is 8. The molecule has 0 aliphatic rings. The molecular weight excluding hydrogens is 1710 g/mol. The van der Waals surface area contributed by atoms with Crippen molar-refractivity contribution in [2.24, 2.45) is 17.2 Å². The Kier molecular flexibility index (Phi) is 46.9. The molecule has 3 heterocycles. The van der Waals surface area contributed by atoms with Gasteiger partial charge in [0.05, 0.1) is 61.8 Å². The maximum Gasteiger partial charge on any atom is 0.422 e. The van der Waals surface area contributed by atoms with Crippen molar-refractivity contribution < 1.29 is 122 Å². The van der Waals surface area contributed by atoms with Crippen LogP contribution < -0.4 is 53.7 Å². The number of methoxy groups -OCH3 is 4. The largest absolute Gasteiger partial charge is 0.478 e. The molecule has 9 aromatic rings. The Balaban J connectivity index is 0.000000752. The number of ether oxygens (including phenoxy) is 6. The molecule has 0 fully saturated rings. The number of aliphatic hydroxyl groups is 1. The van der Waals surface area contributed by atoms with E-state index in [4.69, 9.17) is 73.1 Å². The minimum Gasteiger partial charge on any atom is -0.478 e. The molecule has 0 saturated carbocycles. The normalized spacial score (nSPS) is 10.2. The lowest BCUT2D eigenvalue weighted by Gasteiger charge is -2.12. The van der Waals surface area contributed by atoms with Crippen molar-refractivity contribution in [1.29, 1.82) is 0 Å². The standard InChI is InChI=1S/C22H20F3N5O5.C20H16F3N5O5.C9H11NO2.C8H9NO2.C3Cl3N3.C2Cl2O2.C2H3F3O.C2H8N2.ClH/c1-33-17(31)14-5-3-13(4-6-14)11-26-19-28-20(30-21(29-19)35-12-22(23,24)25)27-16-9-7-15(8-10-16)18(32)34-2;21-20(22,23)10-33-19-27-17(24-9-11-1-3-12(4-2-11)15(29)30)26-18(28-19)25-14-7-5-13(6-8-14)16(31)32;1-12-9(11)8-4-2-7(6-10)3-5-8;1-11-8(10)6-2-4-7(9)5-3-6;4-1-7-2(5)9-3(6)8-1;3-1(5)2(4)6;3-2(4,5)1-6;3-1-2-4;/h3-10H,11-12H2,1-2H3,(H2,26,27,28,29,30);1-8H,9-10H2,(H,29,30)(H,31,32)(H2,24,25,26,27,28);2-5H,6,10H2,1H3;2-5H,9H2,1H3;;;6H,1H2;1-4H2;1H. The van der Waals surface area contributed by atoms with Gasteiger partial charge in [-0.25, -0.2) is 28.8 Å². The van der Waals surface area contributed by atoms with E-state index in [1.165, 1.54) is 77.0 Å². The summed E-state index contributed by atoms with van der Waals surface area (Å²) in [5.74, 6) is -4.26. The minimum atomic E-state index is -4.60. The molecule has 0 aliphatic heterocycles. The number of hydrogen-bond donors (Lipinski definition) is 11. The molecule has 0 amide bonds. The van der Waals surface area contributed by atoms with Gasteiger partial charge >= 0.3 is 76.9 Å². The van der Waals surface area contributed by atoms with E-state index >= 15 is 0 Å². The van der Waals surface area contributed by atoms with Crippen LogP contribution in [0.5, 0.6) is 12.0 Å². The Morgan fingerprint density at radius 2 is 0.650 bits per heavy atom. The predicted octanol–water partition coefficient (Wildman–Crippen LogP) is 11.5. The summed E-state index contributed by atoms with van der Waals surface area (Å²) in [6, 6.07) is 36.4. The lowest BCUT2D eigenvalue weighted by molar-refractivity contribution is -0.159. The first-order chi connectivity index (χ1) is 54.6. The zero-order chi connectivity index (χ0) is 87.3. The molecule has 0 atom stereocenters. The molecule has 0 bridgehead atoms. The van der Waals surface area contributed by atoms with Crippen molar-refractivity contribution in [1.82, 2.24) is 44.9 Å².